The molecule has 3 aliphatic rings. The molecule has 4 heterocycles. The van der Waals surface area contributed by atoms with Crippen molar-refractivity contribution < 1.29 is 9.53 Å². The van der Waals surface area contributed by atoms with E-state index in [-0.39, 0.29) is 18.4 Å². The van der Waals surface area contributed by atoms with Crippen LogP contribution in [0.4, 0.5) is 11.5 Å². The van der Waals surface area contributed by atoms with E-state index in [1.54, 1.807) is 4.90 Å². The molecule has 43 heavy (non-hydrogen) atoms. The van der Waals surface area contributed by atoms with Crippen molar-refractivity contribution in [1.82, 2.24) is 19.8 Å². The van der Waals surface area contributed by atoms with Gasteiger partial charge in [-0.3, -0.25) is 9.69 Å². The van der Waals surface area contributed by atoms with Crippen molar-refractivity contribution in [2.45, 2.75) is 51.2 Å². The van der Waals surface area contributed by atoms with Crippen molar-refractivity contribution in [2.24, 2.45) is 0 Å². The highest BCUT2D eigenvalue weighted by Gasteiger charge is 2.34. The van der Waals surface area contributed by atoms with Gasteiger partial charge in [-0.15, -0.1) is 0 Å². The molecule has 0 aliphatic carbocycles. The predicted octanol–water partition coefficient (Wildman–Crippen LogP) is 4.83. The average molecular weight is 600 g/mol. The molecule has 0 unspecified atom stereocenters. The lowest BCUT2D eigenvalue weighted by atomic mass is 10.0. The van der Waals surface area contributed by atoms with E-state index in [4.69, 9.17) is 26.3 Å². The molecule has 3 aliphatic heterocycles. The summed E-state index contributed by atoms with van der Waals surface area (Å²) in [6, 6.07) is 15.1. The summed E-state index contributed by atoms with van der Waals surface area (Å²) >= 11 is 6.70. The van der Waals surface area contributed by atoms with Crippen LogP contribution in [0.3, 0.4) is 0 Å². The SMILES string of the molecule is C=CC(=O)N1CCN(c2nc(OC[C@@H]3CCCN3CC)nc3c2CCN(c2cccc4cccc(Cl)c24)C3)C[C@@H]1CC#N. The number of halogens is 1. The Labute approximate surface area is 258 Å². The molecule has 3 aromatic rings. The Hall–Kier alpha value is -3.87. The maximum atomic E-state index is 12.5. The van der Waals surface area contributed by atoms with Gasteiger partial charge in [-0.25, -0.2) is 0 Å². The monoisotopic (exact) mass is 599 g/mol. The summed E-state index contributed by atoms with van der Waals surface area (Å²) < 4.78 is 6.34. The van der Waals surface area contributed by atoms with Gasteiger partial charge in [0.1, 0.15) is 12.4 Å². The molecule has 1 amide bonds. The van der Waals surface area contributed by atoms with Gasteiger partial charge < -0.3 is 19.4 Å². The minimum absolute atomic E-state index is 0.143. The standard InChI is InChI=1S/C33H38ClN7O2/c1-3-30(42)41-19-18-40(20-24(41)13-15-35)32-26-14-17-39(29-12-6-9-23-8-5-11-27(34)31(23)29)21-28(26)36-33(37-32)43-22-25-10-7-16-38(25)4-2/h3,5-6,8-9,11-12,24-25H,1,4,7,10,13-14,16-22H2,2H3/t24-,25-/m0/s1. The number of piperazine rings is 1. The van der Waals surface area contributed by atoms with Gasteiger partial charge >= 0.3 is 6.01 Å². The van der Waals surface area contributed by atoms with Crippen molar-refractivity contribution in [1.29, 1.82) is 5.26 Å². The van der Waals surface area contributed by atoms with E-state index in [1.165, 1.54) is 12.5 Å². The molecule has 2 atom stereocenters. The minimum atomic E-state index is -0.242. The number of anilines is 2. The van der Waals surface area contributed by atoms with Crippen LogP contribution in [0.2, 0.25) is 5.02 Å². The van der Waals surface area contributed by atoms with Crippen LogP contribution >= 0.6 is 11.6 Å². The van der Waals surface area contributed by atoms with Crippen molar-refractivity contribution in [3.63, 3.8) is 0 Å². The fraction of sp³-hybridized carbons (Fsp3) is 0.455. The van der Waals surface area contributed by atoms with Crippen LogP contribution in [-0.4, -0.2) is 83.6 Å². The zero-order valence-electron chi connectivity index (χ0n) is 24.7. The number of nitriles is 1. The average Bonchev–Trinajstić information content (AvgIpc) is 3.50. The minimum Gasteiger partial charge on any atom is -0.462 e. The molecular weight excluding hydrogens is 562 g/mol. The zero-order valence-corrected chi connectivity index (χ0v) is 25.5. The summed E-state index contributed by atoms with van der Waals surface area (Å²) in [5.41, 5.74) is 3.13. The highest BCUT2D eigenvalue weighted by Crippen LogP contribution is 2.37. The van der Waals surface area contributed by atoms with Crippen molar-refractivity contribution in [3.05, 3.63) is 65.3 Å². The van der Waals surface area contributed by atoms with E-state index in [2.05, 4.69) is 58.5 Å². The molecular formula is C33H38ClN7O2. The first-order valence-corrected chi connectivity index (χ1v) is 15.6. The second-order valence-corrected chi connectivity index (χ2v) is 11.9. The molecule has 6 rings (SSSR count). The lowest BCUT2D eigenvalue weighted by Gasteiger charge is -2.42. The zero-order chi connectivity index (χ0) is 29.9. The van der Waals surface area contributed by atoms with Crippen LogP contribution in [0.15, 0.2) is 49.1 Å². The molecule has 2 fully saturated rings. The normalized spacial score (nSPS) is 20.6. The Morgan fingerprint density at radius 2 is 1.98 bits per heavy atom. The predicted molar refractivity (Wildman–Crippen MR) is 170 cm³/mol. The van der Waals surface area contributed by atoms with E-state index in [9.17, 15) is 10.1 Å². The number of carbonyl (C=O) groups is 1. The van der Waals surface area contributed by atoms with E-state index in [1.807, 2.05) is 12.1 Å². The number of ether oxygens (including phenoxy) is 1. The van der Waals surface area contributed by atoms with Gasteiger partial charge in [0, 0.05) is 48.9 Å². The Kier molecular flexibility index (Phi) is 8.68. The molecule has 2 aromatic carbocycles. The van der Waals surface area contributed by atoms with Crippen LogP contribution in [0.25, 0.3) is 10.8 Å². The number of amides is 1. The molecule has 0 bridgehead atoms. The Balaban J connectivity index is 1.34. The highest BCUT2D eigenvalue weighted by molar-refractivity contribution is 6.36. The van der Waals surface area contributed by atoms with Gasteiger partial charge in [0.25, 0.3) is 0 Å². The van der Waals surface area contributed by atoms with E-state index < -0.39 is 0 Å². The Morgan fingerprint density at radius 3 is 2.77 bits per heavy atom. The number of hydrogen-bond donors (Lipinski definition) is 0. The smallest absolute Gasteiger partial charge is 0.318 e. The van der Waals surface area contributed by atoms with Crippen molar-refractivity contribution >= 4 is 39.8 Å². The van der Waals surface area contributed by atoms with Crippen LogP contribution in [0.5, 0.6) is 6.01 Å². The number of rotatable bonds is 8. The Morgan fingerprint density at radius 1 is 1.14 bits per heavy atom. The number of fused-ring (bicyclic) bond motifs is 2. The fourth-order valence-electron chi connectivity index (χ4n) is 6.87. The van der Waals surface area contributed by atoms with Crippen LogP contribution in [-0.2, 0) is 17.8 Å². The summed E-state index contributed by atoms with van der Waals surface area (Å²) in [5.74, 6) is 0.707. The first-order valence-electron chi connectivity index (χ1n) is 15.2. The third kappa shape index (κ3) is 5.86. The topological polar surface area (TPSA) is 88.8 Å². The number of likely N-dealkylation sites (N-methyl/N-ethyl adjacent to an activating group) is 1. The van der Waals surface area contributed by atoms with Crippen LogP contribution in [0.1, 0.15) is 37.4 Å². The first kappa shape index (κ1) is 29.2. The summed E-state index contributed by atoms with van der Waals surface area (Å²) in [4.78, 5) is 31.3. The maximum absolute atomic E-state index is 12.5. The molecule has 0 saturated carbocycles. The third-order valence-corrected chi connectivity index (χ3v) is 9.39. The van der Waals surface area contributed by atoms with Gasteiger partial charge in [0.2, 0.25) is 5.91 Å². The molecule has 0 spiro atoms. The highest BCUT2D eigenvalue weighted by atomic mass is 35.5. The number of hydrogen-bond acceptors (Lipinski definition) is 8. The van der Waals surface area contributed by atoms with E-state index in [0.717, 1.165) is 71.0 Å². The second-order valence-electron chi connectivity index (χ2n) is 11.5. The molecule has 2 saturated heterocycles. The van der Waals surface area contributed by atoms with Gasteiger partial charge in [0.15, 0.2) is 0 Å². The lowest BCUT2D eigenvalue weighted by Crippen LogP contribution is -2.55. The number of carbonyl (C=O) groups excluding carboxylic acids is 1. The molecule has 10 heteroatoms. The summed E-state index contributed by atoms with van der Waals surface area (Å²) in [6.45, 7) is 11.5. The lowest BCUT2D eigenvalue weighted by molar-refractivity contribution is -0.128. The van der Waals surface area contributed by atoms with Crippen molar-refractivity contribution in [2.75, 3.05) is 55.7 Å². The molecule has 1 aromatic heterocycles. The molecule has 0 radical (unpaired) electrons. The number of benzene rings is 2. The number of likely N-dealkylation sites (tertiary alicyclic amines) is 1. The maximum Gasteiger partial charge on any atom is 0.318 e. The molecule has 9 nitrogen and oxygen atoms in total. The molecule has 224 valence electrons. The van der Waals surface area contributed by atoms with Crippen LogP contribution in [0, 0.1) is 11.3 Å². The first-order chi connectivity index (χ1) is 21.0. The molecule has 0 N–H and O–H groups in total. The largest absolute Gasteiger partial charge is 0.462 e. The van der Waals surface area contributed by atoms with Gasteiger partial charge in [-0.2, -0.15) is 15.2 Å². The number of aromatic nitrogens is 2. The van der Waals surface area contributed by atoms with Gasteiger partial charge in [-0.1, -0.05) is 49.4 Å². The second kappa shape index (κ2) is 12.8. The van der Waals surface area contributed by atoms with E-state index >= 15 is 0 Å². The van der Waals surface area contributed by atoms with Crippen LogP contribution < -0.4 is 14.5 Å². The van der Waals surface area contributed by atoms with E-state index in [0.29, 0.717) is 44.8 Å². The quantitative estimate of drug-likeness (QED) is 0.340. The summed E-state index contributed by atoms with van der Waals surface area (Å²) in [6.07, 6.45) is 4.62. The Bertz CT molecular complexity index is 1550. The summed E-state index contributed by atoms with van der Waals surface area (Å²) in [5, 5.41) is 12.4. The number of nitrogens with zero attached hydrogens (tertiary/aromatic N) is 7. The fourth-order valence-corrected chi connectivity index (χ4v) is 7.14. The summed E-state index contributed by atoms with van der Waals surface area (Å²) in [7, 11) is 0. The van der Waals surface area contributed by atoms with Gasteiger partial charge in [-0.05, 0) is 55.9 Å². The third-order valence-electron chi connectivity index (χ3n) is 9.07. The van der Waals surface area contributed by atoms with Gasteiger partial charge in [0.05, 0.1) is 35.8 Å². The van der Waals surface area contributed by atoms with Crippen molar-refractivity contribution in [3.8, 4) is 12.1 Å².